The second-order valence-electron chi connectivity index (χ2n) is 4.49. The molecule has 0 aromatic carbocycles. The number of aliphatic hydroxyl groups excluding tert-OH is 1. The lowest BCUT2D eigenvalue weighted by Crippen LogP contribution is -2.40. The smallest absolute Gasteiger partial charge is 0.0443 e. The van der Waals surface area contributed by atoms with Crippen LogP contribution in [0.3, 0.4) is 0 Å². The maximum atomic E-state index is 8.92. The molecule has 1 aliphatic rings. The fourth-order valence-corrected chi connectivity index (χ4v) is 2.14. The zero-order valence-electron chi connectivity index (χ0n) is 9.68. The van der Waals surface area contributed by atoms with Crippen LogP contribution in [0.25, 0.3) is 0 Å². The van der Waals surface area contributed by atoms with Crippen molar-refractivity contribution in [3.63, 3.8) is 0 Å². The molecule has 1 N–H and O–H groups in total. The Kier molecular flexibility index (Phi) is 4.31. The van der Waals surface area contributed by atoms with Gasteiger partial charge in [0.1, 0.15) is 0 Å². The fraction of sp³-hybridized carbons (Fsp3) is 0.615. The van der Waals surface area contributed by atoms with E-state index in [1.165, 1.54) is 24.8 Å². The average Bonchev–Trinajstić information content (AvgIpc) is 2.25. The van der Waals surface area contributed by atoms with Crippen molar-refractivity contribution in [3.8, 4) is 0 Å². The fourth-order valence-electron chi connectivity index (χ4n) is 2.14. The monoisotopic (exact) mass is 220 g/mol. The third-order valence-electron chi connectivity index (χ3n) is 3.33. The van der Waals surface area contributed by atoms with Crippen LogP contribution in [-0.2, 0) is 6.54 Å². The van der Waals surface area contributed by atoms with Crippen LogP contribution in [0.2, 0.25) is 0 Å². The molecule has 1 saturated carbocycles. The van der Waals surface area contributed by atoms with E-state index in [0.717, 1.165) is 25.6 Å². The molecule has 1 aromatic heterocycles. The third-order valence-corrected chi connectivity index (χ3v) is 3.33. The topological polar surface area (TPSA) is 36.4 Å². The van der Waals surface area contributed by atoms with Crippen LogP contribution < -0.4 is 0 Å². The largest absolute Gasteiger partial charge is 0.396 e. The molecule has 0 radical (unpaired) electrons. The first-order valence-corrected chi connectivity index (χ1v) is 6.14. The summed E-state index contributed by atoms with van der Waals surface area (Å²) in [5.41, 5.74) is 1.32. The minimum Gasteiger partial charge on any atom is -0.396 e. The van der Waals surface area contributed by atoms with Crippen LogP contribution in [0.15, 0.2) is 24.5 Å². The molecule has 2 rings (SSSR count). The van der Waals surface area contributed by atoms with Gasteiger partial charge in [-0.25, -0.2) is 0 Å². The molecule has 0 atom stereocenters. The predicted molar refractivity (Wildman–Crippen MR) is 64.0 cm³/mol. The molecule has 0 saturated heterocycles. The van der Waals surface area contributed by atoms with E-state index in [9.17, 15) is 0 Å². The Morgan fingerprint density at radius 2 is 2.06 bits per heavy atom. The molecule has 0 bridgehead atoms. The van der Waals surface area contributed by atoms with E-state index in [2.05, 4.69) is 22.0 Å². The standard InChI is InChI=1S/C13H20N2O/c16-10-2-9-15(13-3-1-4-13)11-12-5-7-14-8-6-12/h5-8,13,16H,1-4,9-11H2. The van der Waals surface area contributed by atoms with Crippen molar-refractivity contribution in [3.05, 3.63) is 30.1 Å². The Hall–Kier alpha value is -0.930. The molecule has 88 valence electrons. The zero-order chi connectivity index (χ0) is 11.2. The number of rotatable bonds is 6. The van der Waals surface area contributed by atoms with Gasteiger partial charge in [0.15, 0.2) is 0 Å². The van der Waals surface area contributed by atoms with Gasteiger partial charge >= 0.3 is 0 Å². The Balaban J connectivity index is 1.90. The average molecular weight is 220 g/mol. The molecule has 16 heavy (non-hydrogen) atoms. The summed E-state index contributed by atoms with van der Waals surface area (Å²) in [5, 5.41) is 8.92. The van der Waals surface area contributed by atoms with E-state index in [1.807, 2.05) is 12.4 Å². The van der Waals surface area contributed by atoms with Crippen molar-refractivity contribution < 1.29 is 5.11 Å². The number of hydrogen-bond donors (Lipinski definition) is 1. The van der Waals surface area contributed by atoms with Crippen LogP contribution in [-0.4, -0.2) is 34.2 Å². The summed E-state index contributed by atoms with van der Waals surface area (Å²) in [6.07, 6.45) is 8.56. The highest BCUT2D eigenvalue weighted by Gasteiger charge is 2.24. The highest BCUT2D eigenvalue weighted by Crippen LogP contribution is 2.26. The molecule has 0 aliphatic heterocycles. The van der Waals surface area contributed by atoms with Gasteiger partial charge in [0.25, 0.3) is 0 Å². The van der Waals surface area contributed by atoms with Gasteiger partial charge in [-0.15, -0.1) is 0 Å². The van der Waals surface area contributed by atoms with Crippen molar-refractivity contribution in [1.82, 2.24) is 9.88 Å². The first-order valence-electron chi connectivity index (χ1n) is 6.14. The van der Waals surface area contributed by atoms with E-state index >= 15 is 0 Å². The predicted octanol–water partition coefficient (Wildman–Crippen LogP) is 1.82. The van der Waals surface area contributed by atoms with E-state index in [4.69, 9.17) is 5.11 Å². The molecule has 1 aliphatic carbocycles. The lowest BCUT2D eigenvalue weighted by Gasteiger charge is -2.37. The van der Waals surface area contributed by atoms with E-state index in [1.54, 1.807) is 0 Å². The van der Waals surface area contributed by atoms with Gasteiger partial charge in [-0.1, -0.05) is 6.42 Å². The molecular formula is C13H20N2O. The molecule has 0 amide bonds. The number of pyridine rings is 1. The molecule has 3 heteroatoms. The van der Waals surface area contributed by atoms with Crippen LogP contribution in [0.1, 0.15) is 31.2 Å². The molecule has 1 heterocycles. The minimum atomic E-state index is 0.291. The van der Waals surface area contributed by atoms with Gasteiger partial charge in [0.05, 0.1) is 0 Å². The second-order valence-corrected chi connectivity index (χ2v) is 4.49. The summed E-state index contributed by atoms with van der Waals surface area (Å²) in [4.78, 5) is 6.53. The lowest BCUT2D eigenvalue weighted by atomic mass is 9.91. The first-order chi connectivity index (χ1) is 7.90. The van der Waals surface area contributed by atoms with Gasteiger partial charge in [-0.05, 0) is 37.0 Å². The van der Waals surface area contributed by atoms with Gasteiger partial charge in [-0.3, -0.25) is 9.88 Å². The van der Waals surface area contributed by atoms with Crippen molar-refractivity contribution >= 4 is 0 Å². The molecule has 0 unspecified atom stereocenters. The zero-order valence-corrected chi connectivity index (χ0v) is 9.68. The maximum absolute atomic E-state index is 8.92. The number of nitrogens with zero attached hydrogens (tertiary/aromatic N) is 2. The van der Waals surface area contributed by atoms with E-state index in [-0.39, 0.29) is 0 Å². The summed E-state index contributed by atoms with van der Waals surface area (Å²) >= 11 is 0. The summed E-state index contributed by atoms with van der Waals surface area (Å²) in [5.74, 6) is 0. The number of aliphatic hydroxyl groups is 1. The number of hydrogen-bond acceptors (Lipinski definition) is 3. The highest BCUT2D eigenvalue weighted by molar-refractivity contribution is 5.09. The van der Waals surface area contributed by atoms with Gasteiger partial charge in [0, 0.05) is 38.1 Å². The van der Waals surface area contributed by atoms with Crippen LogP contribution in [0, 0.1) is 0 Å². The van der Waals surface area contributed by atoms with Crippen molar-refractivity contribution in [2.24, 2.45) is 0 Å². The summed E-state index contributed by atoms with van der Waals surface area (Å²) in [7, 11) is 0. The summed E-state index contributed by atoms with van der Waals surface area (Å²) in [6, 6.07) is 4.88. The van der Waals surface area contributed by atoms with E-state index < -0.39 is 0 Å². The van der Waals surface area contributed by atoms with Gasteiger partial charge < -0.3 is 5.11 Å². The molecular weight excluding hydrogens is 200 g/mol. The van der Waals surface area contributed by atoms with Gasteiger partial charge in [-0.2, -0.15) is 0 Å². The summed E-state index contributed by atoms with van der Waals surface area (Å²) < 4.78 is 0. The van der Waals surface area contributed by atoms with Crippen LogP contribution in [0.4, 0.5) is 0 Å². The van der Waals surface area contributed by atoms with E-state index in [0.29, 0.717) is 6.61 Å². The van der Waals surface area contributed by atoms with Gasteiger partial charge in [0.2, 0.25) is 0 Å². The molecule has 3 nitrogen and oxygen atoms in total. The normalized spacial score (nSPS) is 16.4. The van der Waals surface area contributed by atoms with Crippen molar-refractivity contribution in [2.45, 2.75) is 38.3 Å². The number of aromatic nitrogens is 1. The Labute approximate surface area is 97.1 Å². The molecule has 0 spiro atoms. The van der Waals surface area contributed by atoms with Crippen LogP contribution >= 0.6 is 0 Å². The third kappa shape index (κ3) is 3.03. The Bertz CT molecular complexity index is 298. The quantitative estimate of drug-likeness (QED) is 0.794. The van der Waals surface area contributed by atoms with Crippen molar-refractivity contribution in [2.75, 3.05) is 13.2 Å². The minimum absolute atomic E-state index is 0.291. The SMILES string of the molecule is OCCCN(Cc1ccncc1)C1CCC1. The lowest BCUT2D eigenvalue weighted by molar-refractivity contribution is 0.109. The Morgan fingerprint density at radius 3 is 2.62 bits per heavy atom. The molecule has 1 fully saturated rings. The first kappa shape index (κ1) is 11.6. The van der Waals surface area contributed by atoms with Crippen molar-refractivity contribution in [1.29, 1.82) is 0 Å². The highest BCUT2D eigenvalue weighted by atomic mass is 16.3. The Morgan fingerprint density at radius 1 is 1.31 bits per heavy atom. The maximum Gasteiger partial charge on any atom is 0.0443 e. The second kappa shape index (κ2) is 5.97. The van der Waals surface area contributed by atoms with Crippen LogP contribution in [0.5, 0.6) is 0 Å². The molecule has 1 aromatic rings. The summed E-state index contributed by atoms with van der Waals surface area (Å²) in [6.45, 7) is 2.29.